The highest BCUT2D eigenvalue weighted by atomic mass is 35.5. The van der Waals surface area contributed by atoms with Crippen molar-refractivity contribution in [2.45, 2.75) is 13.8 Å². The second-order valence-corrected chi connectivity index (χ2v) is 7.38. The third-order valence-corrected chi connectivity index (χ3v) is 4.73. The largest absolute Gasteiger partial charge is 0.422 e. The molecular weight excluding hydrogens is 449 g/mol. The summed E-state index contributed by atoms with van der Waals surface area (Å²) in [6.45, 7) is 3.45. The van der Waals surface area contributed by atoms with E-state index in [9.17, 15) is 18.8 Å². The molecule has 3 aromatic carbocycles. The van der Waals surface area contributed by atoms with Crippen LogP contribution < -0.4 is 15.5 Å². The lowest BCUT2D eigenvalue weighted by Gasteiger charge is -2.10. The van der Waals surface area contributed by atoms with E-state index < -0.39 is 23.6 Å². The van der Waals surface area contributed by atoms with E-state index in [-0.39, 0.29) is 16.5 Å². The summed E-state index contributed by atoms with van der Waals surface area (Å²) in [5.41, 5.74) is 4.34. The number of esters is 1. The number of carbonyl (C=O) groups excluding carboxylic acids is 3. The molecule has 0 fully saturated rings. The Kier molecular flexibility index (Phi) is 7.53. The molecule has 0 bridgehead atoms. The SMILES string of the molecule is C/C(=N\NC(=O)C(=O)Nc1ccc(F)c(Cl)c1)c1ccccc1OC(=O)c1cccc(C)c1. The maximum absolute atomic E-state index is 13.2. The number of ether oxygens (including phenoxy) is 1. The van der Waals surface area contributed by atoms with Crippen LogP contribution in [0, 0.1) is 12.7 Å². The number of nitrogens with one attached hydrogen (secondary N) is 2. The van der Waals surface area contributed by atoms with Crippen LogP contribution in [0.4, 0.5) is 10.1 Å². The van der Waals surface area contributed by atoms with Crippen molar-refractivity contribution < 1.29 is 23.5 Å². The number of anilines is 1. The topological polar surface area (TPSA) is 96.9 Å². The Labute approximate surface area is 194 Å². The van der Waals surface area contributed by atoms with E-state index in [4.69, 9.17) is 16.3 Å². The third kappa shape index (κ3) is 6.24. The smallest absolute Gasteiger partial charge is 0.343 e. The molecule has 2 N–H and O–H groups in total. The maximum Gasteiger partial charge on any atom is 0.343 e. The van der Waals surface area contributed by atoms with Crippen molar-refractivity contribution in [2.75, 3.05) is 5.32 Å². The molecule has 3 rings (SSSR count). The van der Waals surface area contributed by atoms with Crippen molar-refractivity contribution in [1.29, 1.82) is 0 Å². The van der Waals surface area contributed by atoms with E-state index in [2.05, 4.69) is 15.8 Å². The molecule has 0 spiro atoms. The molecule has 0 aliphatic carbocycles. The van der Waals surface area contributed by atoms with Crippen molar-refractivity contribution in [3.05, 3.63) is 94.3 Å². The van der Waals surface area contributed by atoms with Gasteiger partial charge < -0.3 is 10.1 Å². The zero-order chi connectivity index (χ0) is 24.0. The number of halogens is 2. The van der Waals surface area contributed by atoms with Crippen LogP contribution in [0.1, 0.15) is 28.4 Å². The molecule has 0 aromatic heterocycles. The number of carbonyl (C=O) groups is 3. The average molecular weight is 468 g/mol. The number of nitrogens with zero attached hydrogens (tertiary/aromatic N) is 1. The van der Waals surface area contributed by atoms with Crippen LogP contribution in [-0.4, -0.2) is 23.5 Å². The Balaban J connectivity index is 1.69. The second-order valence-electron chi connectivity index (χ2n) is 6.98. The van der Waals surface area contributed by atoms with Gasteiger partial charge in [-0.05, 0) is 56.3 Å². The monoisotopic (exact) mass is 467 g/mol. The van der Waals surface area contributed by atoms with Crippen molar-refractivity contribution in [3.63, 3.8) is 0 Å². The molecule has 33 heavy (non-hydrogen) atoms. The van der Waals surface area contributed by atoms with Crippen molar-refractivity contribution in [2.24, 2.45) is 5.10 Å². The summed E-state index contributed by atoms with van der Waals surface area (Å²) >= 11 is 5.66. The molecule has 7 nitrogen and oxygen atoms in total. The van der Waals surface area contributed by atoms with E-state index in [1.165, 1.54) is 12.1 Å². The summed E-state index contributed by atoms with van der Waals surface area (Å²) in [4.78, 5) is 36.6. The van der Waals surface area contributed by atoms with Crippen molar-refractivity contribution in [3.8, 4) is 5.75 Å². The molecule has 9 heteroatoms. The minimum atomic E-state index is -1.05. The van der Waals surface area contributed by atoms with E-state index >= 15 is 0 Å². The maximum atomic E-state index is 13.2. The zero-order valence-electron chi connectivity index (χ0n) is 17.7. The quantitative estimate of drug-likeness (QED) is 0.190. The fraction of sp³-hybridized carbons (Fsp3) is 0.0833. The first-order valence-corrected chi connectivity index (χ1v) is 10.1. The lowest BCUT2D eigenvalue weighted by molar-refractivity contribution is -0.136. The lowest BCUT2D eigenvalue weighted by Crippen LogP contribution is -2.33. The fourth-order valence-corrected chi connectivity index (χ4v) is 2.97. The van der Waals surface area contributed by atoms with Gasteiger partial charge in [-0.3, -0.25) is 9.59 Å². The van der Waals surface area contributed by atoms with E-state index in [1.807, 2.05) is 13.0 Å². The van der Waals surface area contributed by atoms with Crippen molar-refractivity contribution in [1.82, 2.24) is 5.43 Å². The van der Waals surface area contributed by atoms with Gasteiger partial charge >= 0.3 is 17.8 Å². The molecule has 0 aliphatic rings. The number of para-hydroxylation sites is 1. The van der Waals surface area contributed by atoms with Crippen LogP contribution in [0.2, 0.25) is 5.02 Å². The Morgan fingerprint density at radius 3 is 2.45 bits per heavy atom. The first-order valence-electron chi connectivity index (χ1n) is 9.73. The third-order valence-electron chi connectivity index (χ3n) is 4.44. The van der Waals surface area contributed by atoms with E-state index in [0.29, 0.717) is 16.8 Å². The van der Waals surface area contributed by atoms with Crippen LogP contribution in [-0.2, 0) is 9.59 Å². The zero-order valence-corrected chi connectivity index (χ0v) is 18.4. The number of rotatable bonds is 5. The number of benzene rings is 3. The van der Waals surface area contributed by atoms with Crippen LogP contribution in [0.5, 0.6) is 5.75 Å². The molecule has 0 aliphatic heterocycles. The predicted molar refractivity (Wildman–Crippen MR) is 123 cm³/mol. The first-order chi connectivity index (χ1) is 15.7. The summed E-state index contributed by atoms with van der Waals surface area (Å²) in [5, 5.41) is 6.02. The standard InChI is InChI=1S/C24H19ClFN3O4/c1-14-6-5-7-16(12-14)24(32)33-21-9-4-3-8-18(21)15(2)28-29-23(31)22(30)27-17-10-11-20(26)19(25)13-17/h3-13H,1-2H3,(H,27,30)(H,29,31)/b28-15+. The second kappa shape index (κ2) is 10.5. The van der Waals surface area contributed by atoms with Crippen LogP contribution in [0.15, 0.2) is 71.8 Å². The molecular formula is C24H19ClFN3O4. The fourth-order valence-electron chi connectivity index (χ4n) is 2.79. The molecule has 2 amide bonds. The van der Waals surface area contributed by atoms with E-state index in [1.54, 1.807) is 49.4 Å². The minimum absolute atomic E-state index is 0.149. The van der Waals surface area contributed by atoms with Gasteiger partial charge in [0.05, 0.1) is 16.3 Å². The van der Waals surface area contributed by atoms with Gasteiger partial charge in [-0.1, -0.05) is 41.4 Å². The summed E-state index contributed by atoms with van der Waals surface area (Å²) in [7, 11) is 0. The number of amides is 2. The van der Waals surface area contributed by atoms with Gasteiger partial charge in [0.15, 0.2) is 0 Å². The molecule has 3 aromatic rings. The minimum Gasteiger partial charge on any atom is -0.422 e. The highest BCUT2D eigenvalue weighted by Crippen LogP contribution is 2.21. The number of hydrogen-bond acceptors (Lipinski definition) is 5. The lowest BCUT2D eigenvalue weighted by atomic mass is 10.1. The molecule has 0 saturated heterocycles. The Morgan fingerprint density at radius 2 is 1.73 bits per heavy atom. The normalized spacial score (nSPS) is 11.0. The molecule has 0 saturated carbocycles. The van der Waals surface area contributed by atoms with Gasteiger partial charge in [0.1, 0.15) is 11.6 Å². The van der Waals surface area contributed by atoms with Gasteiger partial charge in [-0.25, -0.2) is 14.6 Å². The van der Waals surface area contributed by atoms with Crippen LogP contribution in [0.25, 0.3) is 0 Å². The molecule has 0 unspecified atom stereocenters. The average Bonchev–Trinajstić information content (AvgIpc) is 2.80. The summed E-state index contributed by atoms with van der Waals surface area (Å²) in [6, 6.07) is 17.1. The summed E-state index contributed by atoms with van der Waals surface area (Å²) in [5.74, 6) is -3.02. The van der Waals surface area contributed by atoms with Gasteiger partial charge in [0.25, 0.3) is 0 Å². The van der Waals surface area contributed by atoms with Crippen molar-refractivity contribution >= 4 is 40.8 Å². The first kappa shape index (κ1) is 23.6. The highest BCUT2D eigenvalue weighted by molar-refractivity contribution is 6.40. The highest BCUT2D eigenvalue weighted by Gasteiger charge is 2.16. The molecule has 0 heterocycles. The summed E-state index contributed by atoms with van der Waals surface area (Å²) < 4.78 is 18.7. The summed E-state index contributed by atoms with van der Waals surface area (Å²) in [6.07, 6.45) is 0. The molecule has 0 atom stereocenters. The Morgan fingerprint density at radius 1 is 0.970 bits per heavy atom. The van der Waals surface area contributed by atoms with Gasteiger partial charge in [0, 0.05) is 11.3 Å². The van der Waals surface area contributed by atoms with Gasteiger partial charge in [-0.15, -0.1) is 0 Å². The molecule has 168 valence electrons. The molecule has 0 radical (unpaired) electrons. The predicted octanol–water partition coefficient (Wildman–Crippen LogP) is 4.49. The number of aryl methyl sites for hydroxylation is 1. The van der Waals surface area contributed by atoms with Gasteiger partial charge in [0.2, 0.25) is 0 Å². The van der Waals surface area contributed by atoms with Crippen LogP contribution >= 0.6 is 11.6 Å². The van der Waals surface area contributed by atoms with E-state index in [0.717, 1.165) is 11.6 Å². The number of hydrogen-bond donors (Lipinski definition) is 2. The number of hydrazone groups is 1. The van der Waals surface area contributed by atoms with Gasteiger partial charge in [-0.2, -0.15) is 5.10 Å². The Hall–Kier alpha value is -4.04. The Bertz CT molecular complexity index is 1260. The van der Waals surface area contributed by atoms with Crippen LogP contribution in [0.3, 0.4) is 0 Å².